The summed E-state index contributed by atoms with van der Waals surface area (Å²) < 4.78 is 5.93. The van der Waals surface area contributed by atoms with Gasteiger partial charge in [0.25, 0.3) is 0 Å². The number of carbonyl (C=O) groups excluding carboxylic acids is 4. The molecule has 0 bridgehead atoms. The summed E-state index contributed by atoms with van der Waals surface area (Å²) >= 11 is 0. The van der Waals surface area contributed by atoms with Gasteiger partial charge in [0.15, 0.2) is 5.78 Å². The largest absolute Gasteiger partial charge is 0.346 e. The number of ether oxygens (including phenoxy) is 1. The van der Waals surface area contributed by atoms with Gasteiger partial charge in [0, 0.05) is 25.0 Å². The highest BCUT2D eigenvalue weighted by Crippen LogP contribution is 2.52. The Morgan fingerprint density at radius 3 is 2.10 bits per heavy atom. The first-order valence-electron chi connectivity index (χ1n) is 16.8. The average molecular weight is 661 g/mol. The van der Waals surface area contributed by atoms with E-state index in [1.165, 1.54) is 6.92 Å². The molecule has 3 unspecified atom stereocenters. The second kappa shape index (κ2) is 15.2. The quantitative estimate of drug-likeness (QED) is 0.0554. The molecule has 9 nitrogen and oxygen atoms in total. The van der Waals surface area contributed by atoms with Gasteiger partial charge in [0.2, 0.25) is 23.4 Å². The number of amides is 2. The third-order valence-corrected chi connectivity index (χ3v) is 9.17. The smallest absolute Gasteiger partial charge is 0.244 e. The van der Waals surface area contributed by atoms with Crippen LogP contribution in [0.1, 0.15) is 89.0 Å². The van der Waals surface area contributed by atoms with Crippen molar-refractivity contribution in [3.63, 3.8) is 0 Å². The molecule has 0 aromatic heterocycles. The molecule has 1 saturated carbocycles. The topological polar surface area (TPSA) is 129 Å². The van der Waals surface area contributed by atoms with Gasteiger partial charge < -0.3 is 20.7 Å². The number of epoxide rings is 1. The first kappa shape index (κ1) is 38.6. The lowest BCUT2D eigenvalue weighted by Crippen LogP contribution is -2.65. The molecule has 9 heteroatoms. The fourth-order valence-electron chi connectivity index (χ4n) is 5.99. The van der Waals surface area contributed by atoms with Crippen LogP contribution in [-0.2, 0) is 23.9 Å². The van der Waals surface area contributed by atoms with Crippen LogP contribution in [0.5, 0.6) is 0 Å². The van der Waals surface area contributed by atoms with E-state index in [1.54, 1.807) is 18.2 Å². The van der Waals surface area contributed by atoms with E-state index in [0.29, 0.717) is 13.0 Å². The summed E-state index contributed by atoms with van der Waals surface area (Å²) in [5.41, 5.74) is 5.02. The highest BCUT2D eigenvalue weighted by Gasteiger charge is 2.53. The lowest BCUT2D eigenvalue weighted by Gasteiger charge is -2.51. The Hall–Kier alpha value is -3.82. The minimum absolute atomic E-state index is 0.290. The SMILES string of the molecule is C=C(/C=C\C(C)=C/C)CC(NC1(N[C@H](C(=O)NC(C(=O)NC(C=C2C=C2)C(=O)C(C)=O)[C@@H]2/C(=C\C)CC2(C)C)C(C)(C)C)CO1)=C(C)C. The fourth-order valence-corrected chi connectivity index (χ4v) is 5.99. The second-order valence-electron chi connectivity index (χ2n) is 15.3. The molecule has 4 N–H and O–H groups in total. The zero-order valence-electron chi connectivity index (χ0n) is 30.7. The number of ketones is 2. The van der Waals surface area contributed by atoms with Gasteiger partial charge in [-0.15, -0.1) is 0 Å². The Kier molecular flexibility index (Phi) is 12.2. The molecule has 0 spiro atoms. The van der Waals surface area contributed by atoms with E-state index in [2.05, 4.69) is 41.7 Å². The molecule has 262 valence electrons. The minimum atomic E-state index is -1.13. The lowest BCUT2D eigenvalue weighted by atomic mass is 9.56. The summed E-state index contributed by atoms with van der Waals surface area (Å²) in [6.45, 7) is 25.7. The average Bonchev–Trinajstić information content (AvgIpc) is 3.93. The first-order chi connectivity index (χ1) is 22.2. The van der Waals surface area contributed by atoms with Crippen molar-refractivity contribution in [3.05, 3.63) is 82.7 Å². The lowest BCUT2D eigenvalue weighted by molar-refractivity contribution is -0.139. The van der Waals surface area contributed by atoms with Gasteiger partial charge in [0.1, 0.15) is 18.7 Å². The Morgan fingerprint density at radius 2 is 1.65 bits per heavy atom. The molecule has 0 aromatic rings. The third kappa shape index (κ3) is 10.1. The molecule has 1 aliphatic heterocycles. The number of nitrogens with one attached hydrogen (secondary N) is 4. The molecule has 2 aliphatic carbocycles. The predicted molar refractivity (Wildman–Crippen MR) is 191 cm³/mol. The maximum absolute atomic E-state index is 14.3. The summed E-state index contributed by atoms with van der Waals surface area (Å²) in [5.74, 6) is -3.55. The van der Waals surface area contributed by atoms with E-state index in [9.17, 15) is 19.2 Å². The predicted octanol–water partition coefficient (Wildman–Crippen LogP) is 5.64. The molecule has 1 heterocycles. The Labute approximate surface area is 287 Å². The molecule has 2 amide bonds. The van der Waals surface area contributed by atoms with Gasteiger partial charge >= 0.3 is 0 Å². The van der Waals surface area contributed by atoms with Gasteiger partial charge in [-0.3, -0.25) is 24.5 Å². The van der Waals surface area contributed by atoms with Crippen molar-refractivity contribution in [2.45, 2.75) is 113 Å². The molecule has 48 heavy (non-hydrogen) atoms. The Morgan fingerprint density at radius 1 is 1.02 bits per heavy atom. The van der Waals surface area contributed by atoms with Gasteiger partial charge in [-0.2, -0.15) is 0 Å². The molecule has 0 aromatic carbocycles. The van der Waals surface area contributed by atoms with Gasteiger partial charge in [0.05, 0.1) is 6.04 Å². The summed E-state index contributed by atoms with van der Waals surface area (Å²) in [4.78, 5) is 53.2. The van der Waals surface area contributed by atoms with Crippen molar-refractivity contribution in [3.8, 4) is 0 Å². The van der Waals surface area contributed by atoms with Gasteiger partial charge in [-0.25, -0.2) is 0 Å². The Balaban J connectivity index is 1.88. The molecular formula is C39H56N4O5. The molecule has 3 rings (SSSR count). The fraction of sp³-hybridized carbons (Fsp3) is 0.538. The van der Waals surface area contributed by atoms with Crippen molar-refractivity contribution in [1.29, 1.82) is 0 Å². The number of allylic oxidation sites excluding steroid dienone is 10. The van der Waals surface area contributed by atoms with Crippen LogP contribution in [0.2, 0.25) is 0 Å². The van der Waals surface area contributed by atoms with E-state index in [0.717, 1.165) is 40.0 Å². The monoisotopic (exact) mass is 660 g/mol. The highest BCUT2D eigenvalue weighted by molar-refractivity contribution is 6.39. The van der Waals surface area contributed by atoms with E-state index < -0.39 is 46.9 Å². The summed E-state index contributed by atoms with van der Waals surface area (Å²) in [7, 11) is 0. The summed E-state index contributed by atoms with van der Waals surface area (Å²) in [6.07, 6.45) is 14.5. The number of hydrogen-bond acceptors (Lipinski definition) is 7. The molecule has 5 atom stereocenters. The van der Waals surface area contributed by atoms with Crippen LogP contribution in [0, 0.1) is 16.7 Å². The van der Waals surface area contributed by atoms with E-state index in [4.69, 9.17) is 4.74 Å². The molecule has 1 saturated heterocycles. The van der Waals surface area contributed by atoms with E-state index in [-0.39, 0.29) is 17.2 Å². The molecule has 3 aliphatic rings. The van der Waals surface area contributed by atoms with Crippen molar-refractivity contribution >= 4 is 23.4 Å². The zero-order chi connectivity index (χ0) is 36.2. The van der Waals surface area contributed by atoms with Crippen molar-refractivity contribution in [2.24, 2.45) is 16.7 Å². The third-order valence-electron chi connectivity index (χ3n) is 9.17. The minimum Gasteiger partial charge on any atom is -0.346 e. The maximum Gasteiger partial charge on any atom is 0.244 e. The molecular weight excluding hydrogens is 604 g/mol. The van der Waals surface area contributed by atoms with Crippen molar-refractivity contribution in [1.82, 2.24) is 21.3 Å². The highest BCUT2D eigenvalue weighted by atomic mass is 16.6. The second-order valence-corrected chi connectivity index (χ2v) is 15.3. The van der Waals surface area contributed by atoms with Crippen LogP contribution >= 0.6 is 0 Å². The number of hydrogen-bond donors (Lipinski definition) is 4. The normalized spacial score (nSPS) is 23.8. The van der Waals surface area contributed by atoms with Crippen LogP contribution in [0.25, 0.3) is 0 Å². The van der Waals surface area contributed by atoms with Gasteiger partial charge in [-0.05, 0) is 69.1 Å². The van der Waals surface area contributed by atoms with E-state index >= 15 is 0 Å². The first-order valence-corrected chi connectivity index (χ1v) is 16.8. The molecule has 0 radical (unpaired) electrons. The number of carbonyl (C=O) groups is 4. The van der Waals surface area contributed by atoms with Crippen LogP contribution < -0.4 is 21.3 Å². The summed E-state index contributed by atoms with van der Waals surface area (Å²) in [6, 6.07) is -2.89. The van der Waals surface area contributed by atoms with Crippen LogP contribution in [0.3, 0.4) is 0 Å². The van der Waals surface area contributed by atoms with Crippen molar-refractivity contribution < 1.29 is 23.9 Å². The van der Waals surface area contributed by atoms with Crippen molar-refractivity contribution in [2.75, 3.05) is 6.61 Å². The summed E-state index contributed by atoms with van der Waals surface area (Å²) in [5, 5.41) is 12.8. The maximum atomic E-state index is 14.3. The Bertz CT molecular complexity index is 1500. The zero-order valence-corrected chi connectivity index (χ0v) is 30.7. The standard InChI is InChI=1S/C39H56N4O5/c1-13-24(5)15-16-25(6)19-29(23(3)4)42-39(22-48-39)43-34(37(8,9)10)36(47)41-32(31-28(14-2)21-38(31,11)12)35(46)40-30(20-27-17-18-27)33(45)26(7)44/h13-18,20,30-32,34,42-43H,6,19,21-22H2,1-5,7-12H3,(H,40,46)(H,41,47)/b16-15-,24-13-,28-14-/t30?,31-,32?,34+,39?/m0/s1. The number of Topliss-reactive ketones (excluding diaryl/α,β-unsaturated/α-hetero) is 2. The van der Waals surface area contributed by atoms with Gasteiger partial charge in [-0.1, -0.05) is 94.4 Å². The van der Waals surface area contributed by atoms with Crippen LogP contribution in [0.15, 0.2) is 82.7 Å². The molecule has 2 fully saturated rings. The van der Waals surface area contributed by atoms with E-state index in [1.807, 2.05) is 79.7 Å². The van der Waals surface area contributed by atoms with Crippen LogP contribution in [0.4, 0.5) is 0 Å². The van der Waals surface area contributed by atoms with Crippen LogP contribution in [-0.4, -0.2) is 54.0 Å². The number of rotatable bonds is 16.